The number of amides is 2. The van der Waals surface area contributed by atoms with Crippen molar-refractivity contribution in [3.8, 4) is 11.5 Å². The van der Waals surface area contributed by atoms with Gasteiger partial charge in [0, 0.05) is 17.7 Å². The fraction of sp³-hybridized carbons (Fsp3) is 0.474. The van der Waals surface area contributed by atoms with Gasteiger partial charge in [0.15, 0.2) is 0 Å². The molecule has 1 N–H and O–H groups in total. The highest BCUT2D eigenvalue weighted by molar-refractivity contribution is 5.99. The number of alkyl carbamates (subject to hydrolysis) is 1. The minimum atomic E-state index is -2.85. The monoisotopic (exact) mass is 406 g/mol. The average molecular weight is 406 g/mol. The van der Waals surface area contributed by atoms with E-state index < -0.39 is 18.4 Å². The van der Waals surface area contributed by atoms with Gasteiger partial charge in [0.2, 0.25) is 5.89 Å². The van der Waals surface area contributed by atoms with E-state index in [1.165, 1.54) is 7.11 Å². The first kappa shape index (κ1) is 19.3. The highest BCUT2D eigenvalue weighted by Gasteiger charge is 2.39. The van der Waals surface area contributed by atoms with Crippen LogP contribution in [-0.2, 0) is 11.3 Å². The van der Waals surface area contributed by atoms with Crippen molar-refractivity contribution in [2.24, 2.45) is 0 Å². The highest BCUT2D eigenvalue weighted by Crippen LogP contribution is 2.33. The van der Waals surface area contributed by atoms with E-state index in [1.54, 1.807) is 23.1 Å². The summed E-state index contributed by atoms with van der Waals surface area (Å²) in [6, 6.07) is 4.70. The molecule has 1 aromatic carbocycles. The van der Waals surface area contributed by atoms with Gasteiger partial charge in [-0.05, 0) is 30.5 Å². The van der Waals surface area contributed by atoms with Crippen LogP contribution in [0.15, 0.2) is 22.6 Å². The number of nitrogens with one attached hydrogen (secondary N) is 1. The fourth-order valence-corrected chi connectivity index (χ4v) is 4.03. The molecule has 2 atom stereocenters. The van der Waals surface area contributed by atoms with Crippen molar-refractivity contribution < 1.29 is 27.5 Å². The summed E-state index contributed by atoms with van der Waals surface area (Å²) in [5.74, 6) is -0.983. The number of nitrogens with zero attached hydrogens (tertiary/aromatic N) is 3. The lowest BCUT2D eigenvalue weighted by molar-refractivity contribution is 0.0596. The zero-order chi connectivity index (χ0) is 20.5. The van der Waals surface area contributed by atoms with Crippen LogP contribution in [0.25, 0.3) is 11.5 Å². The average Bonchev–Trinajstić information content (AvgIpc) is 3.34. The maximum absolute atomic E-state index is 13.1. The Balaban J connectivity index is 1.57. The summed E-state index contributed by atoms with van der Waals surface area (Å²) < 4.78 is 35.1. The lowest BCUT2D eigenvalue weighted by atomic mass is 9.89. The zero-order valence-electron chi connectivity index (χ0n) is 15.7. The van der Waals surface area contributed by atoms with Gasteiger partial charge in [-0.2, -0.15) is 8.78 Å². The van der Waals surface area contributed by atoms with Gasteiger partial charge in [0.25, 0.3) is 11.8 Å². The van der Waals surface area contributed by atoms with Crippen LogP contribution < -0.4 is 5.32 Å². The van der Waals surface area contributed by atoms with Gasteiger partial charge in [-0.1, -0.05) is 18.9 Å². The lowest BCUT2D eigenvalue weighted by Gasteiger charge is -2.37. The predicted molar refractivity (Wildman–Crippen MR) is 96.1 cm³/mol. The molecule has 0 unspecified atom stereocenters. The smallest absolute Gasteiger partial charge is 0.407 e. The molecule has 29 heavy (non-hydrogen) atoms. The topological polar surface area (TPSA) is 97.6 Å². The predicted octanol–water partition coefficient (Wildman–Crippen LogP) is 3.30. The molecule has 1 saturated carbocycles. The third-order valence-corrected chi connectivity index (χ3v) is 5.43. The van der Waals surface area contributed by atoms with Gasteiger partial charge in [-0.3, -0.25) is 4.79 Å². The van der Waals surface area contributed by atoms with E-state index in [0.717, 1.165) is 31.2 Å². The molecule has 8 nitrogen and oxygen atoms in total. The summed E-state index contributed by atoms with van der Waals surface area (Å²) >= 11 is 0. The second-order valence-electron chi connectivity index (χ2n) is 7.15. The number of rotatable bonds is 4. The number of alkyl halides is 2. The lowest BCUT2D eigenvalue weighted by Crippen LogP contribution is -2.53. The number of aromatic nitrogens is 2. The molecule has 2 aliphatic rings. The Bertz CT molecular complexity index is 933. The van der Waals surface area contributed by atoms with Gasteiger partial charge in [0.05, 0.1) is 19.2 Å². The van der Waals surface area contributed by atoms with E-state index in [-0.39, 0.29) is 23.9 Å². The number of fused-ring (bicyclic) bond motifs is 1. The largest absolute Gasteiger partial charge is 0.453 e. The third kappa shape index (κ3) is 3.66. The van der Waals surface area contributed by atoms with Crippen LogP contribution in [-0.4, -0.2) is 46.3 Å². The van der Waals surface area contributed by atoms with E-state index in [2.05, 4.69) is 15.5 Å². The van der Waals surface area contributed by atoms with Gasteiger partial charge in [-0.25, -0.2) is 4.79 Å². The fourth-order valence-electron chi connectivity index (χ4n) is 4.03. The van der Waals surface area contributed by atoms with E-state index >= 15 is 0 Å². The van der Waals surface area contributed by atoms with Gasteiger partial charge < -0.3 is 19.4 Å². The van der Waals surface area contributed by atoms with E-state index in [0.29, 0.717) is 17.7 Å². The van der Waals surface area contributed by atoms with Crippen molar-refractivity contribution >= 4 is 12.0 Å². The van der Waals surface area contributed by atoms with E-state index in [4.69, 9.17) is 9.15 Å². The van der Waals surface area contributed by atoms with Crippen LogP contribution in [0.4, 0.5) is 13.6 Å². The molecule has 2 heterocycles. The maximum atomic E-state index is 13.1. The second-order valence-corrected chi connectivity index (χ2v) is 7.15. The van der Waals surface area contributed by atoms with Crippen LogP contribution >= 0.6 is 0 Å². The number of ether oxygens (including phenoxy) is 1. The Labute approximate surface area is 165 Å². The molecule has 154 valence electrons. The van der Waals surface area contributed by atoms with Crippen LogP contribution in [0.5, 0.6) is 0 Å². The van der Waals surface area contributed by atoms with Crippen molar-refractivity contribution in [1.29, 1.82) is 0 Å². The van der Waals surface area contributed by atoms with Crippen molar-refractivity contribution in [2.75, 3.05) is 7.11 Å². The molecule has 0 spiro atoms. The molecule has 2 amide bonds. The number of hydrogen-bond acceptors (Lipinski definition) is 6. The molecular formula is C19H20F2N4O4. The number of benzene rings is 1. The standard InChI is InChI=1S/C19H20F2N4O4/c1-28-19(27)22-13-4-2-3-5-14(13)25-9-11-7-6-10(8-12(11)18(25)26)16-23-24-17(29-16)15(20)21/h6-8,13-15H,2-5,9H2,1H3,(H,22,27)/t13-,14+/m0/s1. The molecule has 0 saturated heterocycles. The quantitative estimate of drug-likeness (QED) is 0.837. The van der Waals surface area contributed by atoms with Crippen LogP contribution in [0.3, 0.4) is 0 Å². The molecule has 0 bridgehead atoms. The molecule has 1 fully saturated rings. The van der Waals surface area contributed by atoms with Crippen LogP contribution in [0.1, 0.15) is 53.9 Å². The number of carbonyl (C=O) groups excluding carboxylic acids is 2. The minimum absolute atomic E-state index is 0.0581. The second kappa shape index (κ2) is 7.76. The SMILES string of the molecule is COC(=O)N[C@H]1CCCC[C@H]1N1Cc2ccc(-c3nnc(C(F)F)o3)cc2C1=O. The molecular weight excluding hydrogens is 386 g/mol. The Hall–Kier alpha value is -3.04. The first-order valence-corrected chi connectivity index (χ1v) is 9.38. The Kier molecular flexibility index (Phi) is 5.16. The zero-order valence-corrected chi connectivity index (χ0v) is 15.7. The maximum Gasteiger partial charge on any atom is 0.407 e. The first-order chi connectivity index (χ1) is 14.0. The van der Waals surface area contributed by atoms with Gasteiger partial charge in [0.1, 0.15) is 0 Å². The molecule has 10 heteroatoms. The minimum Gasteiger partial charge on any atom is -0.453 e. The molecule has 1 aliphatic heterocycles. The summed E-state index contributed by atoms with van der Waals surface area (Å²) in [4.78, 5) is 26.5. The molecule has 1 aliphatic carbocycles. The third-order valence-electron chi connectivity index (χ3n) is 5.43. The number of carbonyl (C=O) groups is 2. The summed E-state index contributed by atoms with van der Waals surface area (Å²) in [6.07, 6.45) is 0.112. The van der Waals surface area contributed by atoms with Crippen LogP contribution in [0.2, 0.25) is 0 Å². The molecule has 0 radical (unpaired) electrons. The molecule has 2 aromatic rings. The van der Waals surface area contributed by atoms with Gasteiger partial charge in [-0.15, -0.1) is 10.2 Å². The number of halogens is 2. The van der Waals surface area contributed by atoms with Gasteiger partial charge >= 0.3 is 12.5 Å². The summed E-state index contributed by atoms with van der Waals surface area (Å²) in [6.45, 7) is 0.421. The summed E-state index contributed by atoms with van der Waals surface area (Å²) in [5, 5.41) is 9.80. The number of methoxy groups -OCH3 is 1. The van der Waals surface area contributed by atoms with Crippen molar-refractivity contribution in [1.82, 2.24) is 20.4 Å². The van der Waals surface area contributed by atoms with Crippen molar-refractivity contribution in [2.45, 2.75) is 50.7 Å². The van der Waals surface area contributed by atoms with E-state index in [9.17, 15) is 18.4 Å². The first-order valence-electron chi connectivity index (χ1n) is 9.38. The van der Waals surface area contributed by atoms with Crippen molar-refractivity contribution in [3.05, 3.63) is 35.2 Å². The molecule has 1 aromatic heterocycles. The Morgan fingerprint density at radius 1 is 1.31 bits per heavy atom. The Morgan fingerprint density at radius 2 is 2.10 bits per heavy atom. The van der Waals surface area contributed by atoms with Crippen LogP contribution in [0, 0.1) is 0 Å². The van der Waals surface area contributed by atoms with Crippen molar-refractivity contribution in [3.63, 3.8) is 0 Å². The normalized spacial score (nSPS) is 21.4. The summed E-state index contributed by atoms with van der Waals surface area (Å²) in [7, 11) is 1.31. The Morgan fingerprint density at radius 3 is 2.83 bits per heavy atom. The molecule has 4 rings (SSSR count). The summed E-state index contributed by atoms with van der Waals surface area (Å²) in [5.41, 5.74) is 1.71. The number of hydrogen-bond donors (Lipinski definition) is 1. The highest BCUT2D eigenvalue weighted by atomic mass is 19.3. The van der Waals surface area contributed by atoms with E-state index in [1.807, 2.05) is 0 Å².